The maximum absolute atomic E-state index is 12.9. The van der Waals surface area contributed by atoms with Crippen LogP contribution in [-0.4, -0.2) is 9.55 Å². The molecule has 0 amide bonds. The molecular formula is C16H11FN2O. The Morgan fingerprint density at radius 1 is 0.900 bits per heavy atom. The van der Waals surface area contributed by atoms with Crippen molar-refractivity contribution in [3.05, 3.63) is 83.3 Å². The molecule has 0 fully saturated rings. The molecule has 3 aromatic rings. The van der Waals surface area contributed by atoms with E-state index in [-0.39, 0.29) is 11.5 Å². The zero-order valence-electron chi connectivity index (χ0n) is 10.5. The van der Waals surface area contributed by atoms with Crippen LogP contribution in [-0.2, 0) is 0 Å². The van der Waals surface area contributed by atoms with Crippen molar-refractivity contribution in [2.75, 3.05) is 0 Å². The van der Waals surface area contributed by atoms with Gasteiger partial charge < -0.3 is 0 Å². The molecule has 0 unspecified atom stereocenters. The summed E-state index contributed by atoms with van der Waals surface area (Å²) in [5, 5.41) is 0. The molecule has 3 rings (SSSR count). The molecule has 0 N–H and O–H groups in total. The summed E-state index contributed by atoms with van der Waals surface area (Å²) in [6.45, 7) is 0. The molecule has 0 spiro atoms. The fourth-order valence-electron chi connectivity index (χ4n) is 1.98. The highest BCUT2D eigenvalue weighted by molar-refractivity contribution is 5.61. The van der Waals surface area contributed by atoms with Gasteiger partial charge in [-0.15, -0.1) is 0 Å². The van der Waals surface area contributed by atoms with Crippen molar-refractivity contribution in [3.8, 4) is 16.8 Å². The van der Waals surface area contributed by atoms with Crippen LogP contribution < -0.4 is 5.69 Å². The van der Waals surface area contributed by atoms with E-state index in [4.69, 9.17) is 0 Å². The first kappa shape index (κ1) is 12.3. The molecule has 1 aromatic heterocycles. The lowest BCUT2D eigenvalue weighted by molar-refractivity contribution is 0.628. The molecule has 2 aromatic carbocycles. The van der Waals surface area contributed by atoms with Crippen LogP contribution in [0.4, 0.5) is 4.39 Å². The van der Waals surface area contributed by atoms with Crippen LogP contribution in [0.25, 0.3) is 16.8 Å². The average Bonchev–Trinajstić information content (AvgIpc) is 2.50. The Hall–Kier alpha value is -2.75. The van der Waals surface area contributed by atoms with Crippen LogP contribution in [0.15, 0.2) is 71.8 Å². The molecule has 0 radical (unpaired) electrons. The van der Waals surface area contributed by atoms with Gasteiger partial charge in [-0.25, -0.2) is 14.2 Å². The van der Waals surface area contributed by atoms with E-state index in [1.165, 1.54) is 22.9 Å². The Bertz CT molecular complexity index is 780. The molecular weight excluding hydrogens is 255 g/mol. The Balaban J connectivity index is 2.12. The SMILES string of the molecule is O=c1ncc(-c2ccc(F)cc2)cn1-c1ccccc1. The van der Waals surface area contributed by atoms with Gasteiger partial charge in [-0.2, -0.15) is 0 Å². The largest absolute Gasteiger partial charge is 0.352 e. The summed E-state index contributed by atoms with van der Waals surface area (Å²) in [6, 6.07) is 15.3. The van der Waals surface area contributed by atoms with E-state index in [0.29, 0.717) is 0 Å². The van der Waals surface area contributed by atoms with Crippen LogP contribution in [0.3, 0.4) is 0 Å². The zero-order chi connectivity index (χ0) is 13.9. The molecule has 0 saturated heterocycles. The summed E-state index contributed by atoms with van der Waals surface area (Å²) in [7, 11) is 0. The minimum atomic E-state index is -0.345. The lowest BCUT2D eigenvalue weighted by atomic mass is 10.1. The van der Waals surface area contributed by atoms with Crippen molar-refractivity contribution in [1.29, 1.82) is 0 Å². The topological polar surface area (TPSA) is 34.9 Å². The summed E-state index contributed by atoms with van der Waals surface area (Å²) in [4.78, 5) is 15.7. The molecule has 20 heavy (non-hydrogen) atoms. The summed E-state index contributed by atoms with van der Waals surface area (Å²) in [5.74, 6) is -0.293. The van der Waals surface area contributed by atoms with Crippen LogP contribution in [0, 0.1) is 5.82 Å². The van der Waals surface area contributed by atoms with Crippen molar-refractivity contribution in [3.63, 3.8) is 0 Å². The first-order chi connectivity index (χ1) is 9.74. The Kier molecular flexibility index (Phi) is 3.13. The van der Waals surface area contributed by atoms with Gasteiger partial charge in [0, 0.05) is 18.0 Å². The number of nitrogens with zero attached hydrogens (tertiary/aromatic N) is 2. The lowest BCUT2D eigenvalue weighted by Gasteiger charge is -2.07. The fraction of sp³-hybridized carbons (Fsp3) is 0. The predicted octanol–water partition coefficient (Wildman–Crippen LogP) is 3.04. The van der Waals surface area contributed by atoms with E-state index in [0.717, 1.165) is 16.8 Å². The first-order valence-electron chi connectivity index (χ1n) is 6.14. The maximum atomic E-state index is 12.9. The monoisotopic (exact) mass is 266 g/mol. The van der Waals surface area contributed by atoms with E-state index in [1.54, 1.807) is 18.3 Å². The van der Waals surface area contributed by atoms with Gasteiger partial charge in [-0.3, -0.25) is 4.57 Å². The van der Waals surface area contributed by atoms with Crippen molar-refractivity contribution in [2.45, 2.75) is 0 Å². The number of aromatic nitrogens is 2. The van der Waals surface area contributed by atoms with Gasteiger partial charge in [0.1, 0.15) is 5.82 Å². The standard InChI is InChI=1S/C16H11FN2O/c17-14-8-6-12(7-9-14)13-10-18-16(20)19(11-13)15-4-2-1-3-5-15/h1-11H. The second-order valence-corrected chi connectivity index (χ2v) is 4.34. The highest BCUT2D eigenvalue weighted by Crippen LogP contribution is 2.18. The molecule has 1 heterocycles. The van der Waals surface area contributed by atoms with Crippen molar-refractivity contribution < 1.29 is 4.39 Å². The third-order valence-corrected chi connectivity index (χ3v) is 3.00. The maximum Gasteiger partial charge on any atom is 0.352 e. The van der Waals surface area contributed by atoms with Crippen molar-refractivity contribution in [1.82, 2.24) is 9.55 Å². The van der Waals surface area contributed by atoms with Gasteiger partial charge in [-0.05, 0) is 29.8 Å². The number of benzene rings is 2. The molecule has 0 aliphatic carbocycles. The molecule has 4 heteroatoms. The molecule has 0 bridgehead atoms. The van der Waals surface area contributed by atoms with Gasteiger partial charge in [0.2, 0.25) is 0 Å². The summed E-state index contributed by atoms with van der Waals surface area (Å²) >= 11 is 0. The number of rotatable bonds is 2. The summed E-state index contributed by atoms with van der Waals surface area (Å²) in [5.41, 5.74) is 1.97. The quantitative estimate of drug-likeness (QED) is 0.714. The highest BCUT2D eigenvalue weighted by atomic mass is 19.1. The van der Waals surface area contributed by atoms with Gasteiger partial charge in [0.25, 0.3) is 0 Å². The van der Waals surface area contributed by atoms with E-state index >= 15 is 0 Å². The molecule has 98 valence electrons. The van der Waals surface area contributed by atoms with E-state index in [9.17, 15) is 9.18 Å². The lowest BCUT2D eigenvalue weighted by Crippen LogP contribution is -2.20. The Morgan fingerprint density at radius 3 is 2.30 bits per heavy atom. The fourth-order valence-corrected chi connectivity index (χ4v) is 1.98. The normalized spacial score (nSPS) is 10.4. The van der Waals surface area contributed by atoms with Gasteiger partial charge in [0.15, 0.2) is 0 Å². The smallest absolute Gasteiger partial charge is 0.267 e. The van der Waals surface area contributed by atoms with E-state index in [2.05, 4.69) is 4.98 Å². The predicted molar refractivity (Wildman–Crippen MR) is 75.2 cm³/mol. The van der Waals surface area contributed by atoms with Gasteiger partial charge in [-0.1, -0.05) is 30.3 Å². The van der Waals surface area contributed by atoms with Crippen molar-refractivity contribution in [2.24, 2.45) is 0 Å². The molecule has 0 aliphatic rings. The van der Waals surface area contributed by atoms with Crippen LogP contribution in [0.1, 0.15) is 0 Å². The number of hydrogen-bond acceptors (Lipinski definition) is 2. The average molecular weight is 266 g/mol. The van der Waals surface area contributed by atoms with Gasteiger partial charge >= 0.3 is 5.69 Å². The number of para-hydroxylation sites is 1. The minimum Gasteiger partial charge on any atom is -0.267 e. The van der Waals surface area contributed by atoms with E-state index in [1.807, 2.05) is 30.3 Å². The molecule has 3 nitrogen and oxygen atoms in total. The second kappa shape index (κ2) is 5.09. The highest BCUT2D eigenvalue weighted by Gasteiger charge is 2.04. The molecule has 0 saturated carbocycles. The third-order valence-electron chi connectivity index (χ3n) is 3.00. The van der Waals surface area contributed by atoms with Crippen LogP contribution in [0.2, 0.25) is 0 Å². The molecule has 0 atom stereocenters. The summed E-state index contributed by atoms with van der Waals surface area (Å²) in [6.07, 6.45) is 3.20. The van der Waals surface area contributed by atoms with Crippen LogP contribution in [0.5, 0.6) is 0 Å². The van der Waals surface area contributed by atoms with Crippen molar-refractivity contribution >= 4 is 0 Å². The van der Waals surface area contributed by atoms with Crippen LogP contribution >= 0.6 is 0 Å². The summed E-state index contributed by atoms with van der Waals surface area (Å²) < 4.78 is 14.4. The Labute approximate surface area is 115 Å². The van der Waals surface area contributed by atoms with Gasteiger partial charge in [0.05, 0.1) is 5.69 Å². The van der Waals surface area contributed by atoms with E-state index < -0.39 is 0 Å². The molecule has 0 aliphatic heterocycles. The zero-order valence-corrected chi connectivity index (χ0v) is 10.5. The Morgan fingerprint density at radius 2 is 1.60 bits per heavy atom. The third kappa shape index (κ3) is 2.36. The second-order valence-electron chi connectivity index (χ2n) is 4.34. The first-order valence-corrected chi connectivity index (χ1v) is 6.14. The number of hydrogen-bond donors (Lipinski definition) is 0. The minimum absolute atomic E-state index is 0.293. The number of halogens is 1.